The van der Waals surface area contributed by atoms with Gasteiger partial charge in [-0.3, -0.25) is 0 Å². The average Bonchev–Trinajstić information content (AvgIpc) is 3.28. The van der Waals surface area contributed by atoms with E-state index in [0.717, 1.165) is 12.3 Å². The van der Waals surface area contributed by atoms with Crippen LogP contribution in [0.4, 0.5) is 29.5 Å². The second-order valence-corrected chi connectivity index (χ2v) is 6.63. The van der Waals surface area contributed by atoms with Crippen LogP contribution in [0.5, 0.6) is 0 Å². The lowest BCUT2D eigenvalue weighted by Crippen LogP contribution is -2.50. The Hall–Kier alpha value is -3.63. The summed E-state index contributed by atoms with van der Waals surface area (Å²) in [6.07, 6.45) is 1.38. The van der Waals surface area contributed by atoms with Crippen molar-refractivity contribution in [3.63, 3.8) is 0 Å². The molecule has 156 valence electrons. The van der Waals surface area contributed by atoms with Crippen LogP contribution in [-0.4, -0.2) is 56.9 Å². The van der Waals surface area contributed by atoms with Crippen LogP contribution in [0.25, 0.3) is 5.82 Å². The molecular formula is C19H18F3N7O. The Labute approximate surface area is 170 Å². The zero-order valence-electron chi connectivity index (χ0n) is 15.8. The fraction of sp³-hybridized carbons (Fsp3) is 0.263. The van der Waals surface area contributed by atoms with Crippen molar-refractivity contribution in [3.8, 4) is 5.82 Å². The van der Waals surface area contributed by atoms with Gasteiger partial charge in [0.25, 0.3) is 0 Å². The molecule has 0 bridgehead atoms. The number of nitrogens with zero attached hydrogens (tertiary/aromatic N) is 6. The number of carbonyl (C=O) groups excluding carboxylic acids is 1. The number of piperazine rings is 1. The SMILES string of the molecule is O=C(Nc1cccnc1-n1cccn1)N1CCN(c2ccc(C(F)(F)F)cn2)CC1. The number of nitrogens with one attached hydrogen (secondary N) is 1. The van der Waals surface area contributed by atoms with E-state index < -0.39 is 11.7 Å². The second-order valence-electron chi connectivity index (χ2n) is 6.63. The summed E-state index contributed by atoms with van der Waals surface area (Å²) < 4.78 is 39.6. The summed E-state index contributed by atoms with van der Waals surface area (Å²) in [6, 6.07) is 7.30. The molecule has 1 saturated heterocycles. The summed E-state index contributed by atoms with van der Waals surface area (Å²) in [5.41, 5.74) is -0.258. The smallest absolute Gasteiger partial charge is 0.353 e. The first-order valence-electron chi connectivity index (χ1n) is 9.21. The predicted octanol–water partition coefficient (Wildman–Crippen LogP) is 3.04. The third-order valence-corrected chi connectivity index (χ3v) is 4.72. The third kappa shape index (κ3) is 4.19. The molecule has 11 heteroatoms. The van der Waals surface area contributed by atoms with Crippen molar-refractivity contribution < 1.29 is 18.0 Å². The summed E-state index contributed by atoms with van der Waals surface area (Å²) in [7, 11) is 0. The van der Waals surface area contributed by atoms with Gasteiger partial charge in [0.1, 0.15) is 5.82 Å². The van der Waals surface area contributed by atoms with E-state index in [1.165, 1.54) is 6.07 Å². The van der Waals surface area contributed by atoms with Crippen molar-refractivity contribution in [1.82, 2.24) is 24.6 Å². The van der Waals surface area contributed by atoms with Crippen LogP contribution in [0, 0.1) is 0 Å². The predicted molar refractivity (Wildman–Crippen MR) is 103 cm³/mol. The van der Waals surface area contributed by atoms with Gasteiger partial charge in [0.2, 0.25) is 0 Å². The zero-order chi connectivity index (χ0) is 21.1. The Morgan fingerprint density at radius 1 is 1.00 bits per heavy atom. The maximum Gasteiger partial charge on any atom is 0.417 e. The first-order valence-corrected chi connectivity index (χ1v) is 9.21. The van der Waals surface area contributed by atoms with E-state index in [4.69, 9.17) is 0 Å². The molecule has 1 N–H and O–H groups in total. The summed E-state index contributed by atoms with van der Waals surface area (Å²) in [4.78, 5) is 24.4. The number of anilines is 2. The number of rotatable bonds is 3. The molecule has 0 saturated carbocycles. The highest BCUT2D eigenvalue weighted by Gasteiger charge is 2.31. The molecule has 3 aromatic heterocycles. The largest absolute Gasteiger partial charge is 0.417 e. The number of halogens is 3. The molecule has 0 aliphatic carbocycles. The summed E-state index contributed by atoms with van der Waals surface area (Å²) in [6.45, 7) is 1.74. The molecule has 0 unspecified atom stereocenters. The Morgan fingerprint density at radius 2 is 1.80 bits per heavy atom. The number of carbonyl (C=O) groups is 1. The van der Waals surface area contributed by atoms with E-state index in [0.29, 0.717) is 43.5 Å². The Morgan fingerprint density at radius 3 is 2.43 bits per heavy atom. The molecule has 4 heterocycles. The first-order chi connectivity index (χ1) is 14.4. The van der Waals surface area contributed by atoms with E-state index in [2.05, 4.69) is 20.4 Å². The topological polar surface area (TPSA) is 79.2 Å². The molecule has 3 aromatic rings. The van der Waals surface area contributed by atoms with Crippen molar-refractivity contribution in [2.24, 2.45) is 0 Å². The van der Waals surface area contributed by atoms with E-state index in [1.807, 2.05) is 4.90 Å². The van der Waals surface area contributed by atoms with Crippen molar-refractivity contribution in [2.75, 3.05) is 36.4 Å². The maximum absolute atomic E-state index is 12.7. The van der Waals surface area contributed by atoms with Gasteiger partial charge in [-0.05, 0) is 30.3 Å². The number of hydrogen-bond acceptors (Lipinski definition) is 5. The standard InChI is InChI=1S/C19H18F3N7O/c20-19(21,22)14-4-5-16(24-13-14)27-9-11-28(12-10-27)18(30)26-15-3-1-6-23-17(15)29-8-2-7-25-29/h1-8,13H,9-12H2,(H,26,30). The normalized spacial score (nSPS) is 14.6. The Kier molecular flexibility index (Phi) is 5.25. The highest BCUT2D eigenvalue weighted by molar-refractivity contribution is 5.91. The van der Waals surface area contributed by atoms with Crippen LogP contribution < -0.4 is 10.2 Å². The van der Waals surface area contributed by atoms with E-state index in [9.17, 15) is 18.0 Å². The van der Waals surface area contributed by atoms with Gasteiger partial charge in [-0.2, -0.15) is 18.3 Å². The molecule has 0 atom stereocenters. The molecule has 0 aromatic carbocycles. The number of aromatic nitrogens is 4. The van der Waals surface area contributed by atoms with E-state index in [-0.39, 0.29) is 6.03 Å². The van der Waals surface area contributed by atoms with Crippen molar-refractivity contribution in [2.45, 2.75) is 6.18 Å². The lowest BCUT2D eigenvalue weighted by molar-refractivity contribution is -0.137. The number of urea groups is 1. The molecule has 30 heavy (non-hydrogen) atoms. The van der Waals surface area contributed by atoms with Crippen LogP contribution in [-0.2, 0) is 6.18 Å². The lowest BCUT2D eigenvalue weighted by atomic mass is 10.2. The van der Waals surface area contributed by atoms with Gasteiger partial charge in [-0.15, -0.1) is 0 Å². The van der Waals surface area contributed by atoms with Crippen molar-refractivity contribution in [3.05, 3.63) is 60.7 Å². The minimum absolute atomic E-state index is 0.281. The fourth-order valence-corrected chi connectivity index (χ4v) is 3.14. The Bertz CT molecular complexity index is 998. The first kappa shape index (κ1) is 19.7. The number of pyridine rings is 2. The van der Waals surface area contributed by atoms with Gasteiger partial charge < -0.3 is 15.1 Å². The van der Waals surface area contributed by atoms with E-state index in [1.54, 1.807) is 46.4 Å². The summed E-state index contributed by atoms with van der Waals surface area (Å²) >= 11 is 0. The molecule has 0 spiro atoms. The average molecular weight is 417 g/mol. The van der Waals surface area contributed by atoms with Crippen LogP contribution in [0.3, 0.4) is 0 Å². The van der Waals surface area contributed by atoms with Gasteiger partial charge >= 0.3 is 12.2 Å². The quantitative estimate of drug-likeness (QED) is 0.709. The van der Waals surface area contributed by atoms with Gasteiger partial charge in [-0.25, -0.2) is 19.4 Å². The summed E-state index contributed by atoms with van der Waals surface area (Å²) in [5.74, 6) is 0.958. The zero-order valence-corrected chi connectivity index (χ0v) is 15.8. The molecule has 1 aliphatic heterocycles. The number of hydrogen-bond donors (Lipinski definition) is 1. The van der Waals surface area contributed by atoms with Crippen molar-refractivity contribution in [1.29, 1.82) is 0 Å². The van der Waals surface area contributed by atoms with Gasteiger partial charge in [0.15, 0.2) is 5.82 Å². The van der Waals surface area contributed by atoms with Gasteiger partial charge in [-0.1, -0.05) is 0 Å². The van der Waals surface area contributed by atoms with Gasteiger partial charge in [0.05, 0.1) is 11.3 Å². The van der Waals surface area contributed by atoms with Crippen LogP contribution in [0.1, 0.15) is 5.56 Å². The number of alkyl halides is 3. The van der Waals surface area contributed by atoms with Gasteiger partial charge in [0, 0.05) is 51.0 Å². The van der Waals surface area contributed by atoms with Crippen LogP contribution in [0.2, 0.25) is 0 Å². The fourth-order valence-electron chi connectivity index (χ4n) is 3.14. The van der Waals surface area contributed by atoms with Crippen LogP contribution >= 0.6 is 0 Å². The monoisotopic (exact) mass is 417 g/mol. The third-order valence-electron chi connectivity index (χ3n) is 4.72. The lowest BCUT2D eigenvalue weighted by Gasteiger charge is -2.35. The molecule has 8 nitrogen and oxygen atoms in total. The maximum atomic E-state index is 12.7. The molecule has 4 rings (SSSR count). The molecule has 0 radical (unpaired) electrons. The molecule has 1 aliphatic rings. The van der Waals surface area contributed by atoms with Crippen molar-refractivity contribution >= 4 is 17.5 Å². The highest BCUT2D eigenvalue weighted by Crippen LogP contribution is 2.29. The van der Waals surface area contributed by atoms with Crippen LogP contribution in [0.15, 0.2) is 55.1 Å². The minimum Gasteiger partial charge on any atom is -0.353 e. The highest BCUT2D eigenvalue weighted by atomic mass is 19.4. The number of amides is 2. The molecule has 1 fully saturated rings. The van der Waals surface area contributed by atoms with E-state index >= 15 is 0 Å². The molecule has 2 amide bonds. The second kappa shape index (κ2) is 8.01. The minimum atomic E-state index is -4.41. The molecular weight excluding hydrogens is 399 g/mol. The summed E-state index contributed by atoms with van der Waals surface area (Å²) in [5, 5.41) is 6.99. The Balaban J connectivity index is 1.37.